The summed E-state index contributed by atoms with van der Waals surface area (Å²) >= 11 is 3.19. The summed E-state index contributed by atoms with van der Waals surface area (Å²) in [5, 5.41) is 11.4. The Hall–Kier alpha value is -1.57. The molecule has 0 spiro atoms. The molecule has 0 saturated carbocycles. The van der Waals surface area contributed by atoms with Gasteiger partial charge in [-0.25, -0.2) is 4.98 Å². The first-order valence-corrected chi connectivity index (χ1v) is 5.84. The number of amidine groups is 1. The van der Waals surface area contributed by atoms with Gasteiger partial charge in [-0.2, -0.15) is 0 Å². The van der Waals surface area contributed by atoms with E-state index in [4.69, 9.17) is 10.9 Å². The minimum Gasteiger partial charge on any atom is -0.409 e. The number of halogens is 1. The molecule has 17 heavy (non-hydrogen) atoms. The van der Waals surface area contributed by atoms with Crippen LogP contribution in [-0.2, 0) is 0 Å². The molecule has 0 aliphatic rings. The first kappa shape index (κ1) is 13.5. The van der Waals surface area contributed by atoms with E-state index in [1.807, 2.05) is 11.8 Å². The lowest BCUT2D eigenvalue weighted by molar-refractivity contribution is 0.317. The average Bonchev–Trinajstić information content (AvgIpc) is 2.34. The third-order valence-electron chi connectivity index (χ3n) is 2.23. The standard InChI is InChI=1S/C9H14BrN5O2/c1-2-15(4-3-6(11)14-17)8-7(10)9(16)13-5-12-8/h5,17H,2-4H2,1H3,(H2,11,14)(H,12,13,16). The Balaban J connectivity index is 2.87. The Morgan fingerprint density at radius 3 is 3.06 bits per heavy atom. The van der Waals surface area contributed by atoms with Crippen molar-refractivity contribution < 1.29 is 5.21 Å². The van der Waals surface area contributed by atoms with Gasteiger partial charge in [0.15, 0.2) is 0 Å². The highest BCUT2D eigenvalue weighted by molar-refractivity contribution is 9.10. The minimum absolute atomic E-state index is 0.143. The number of aromatic nitrogens is 2. The molecule has 8 heteroatoms. The van der Waals surface area contributed by atoms with E-state index in [-0.39, 0.29) is 11.4 Å². The Kier molecular flexibility index (Phi) is 4.95. The van der Waals surface area contributed by atoms with Gasteiger partial charge in [0.25, 0.3) is 5.56 Å². The van der Waals surface area contributed by atoms with Crippen LogP contribution in [0.1, 0.15) is 13.3 Å². The number of nitrogens with zero attached hydrogens (tertiary/aromatic N) is 3. The fourth-order valence-corrected chi connectivity index (χ4v) is 1.77. The number of aromatic amines is 1. The van der Waals surface area contributed by atoms with Gasteiger partial charge < -0.3 is 20.8 Å². The number of H-pyrrole nitrogens is 1. The molecule has 0 radical (unpaired) electrons. The molecule has 0 aromatic carbocycles. The second-order valence-electron chi connectivity index (χ2n) is 3.29. The van der Waals surface area contributed by atoms with E-state index in [2.05, 4.69) is 31.1 Å². The van der Waals surface area contributed by atoms with E-state index in [9.17, 15) is 4.79 Å². The molecule has 0 bridgehead atoms. The van der Waals surface area contributed by atoms with Gasteiger partial charge in [0.2, 0.25) is 0 Å². The summed E-state index contributed by atoms with van der Waals surface area (Å²) in [7, 11) is 0. The minimum atomic E-state index is -0.239. The Bertz CT molecular complexity index is 459. The second-order valence-corrected chi connectivity index (χ2v) is 4.08. The molecule has 0 aliphatic carbocycles. The summed E-state index contributed by atoms with van der Waals surface area (Å²) in [5.41, 5.74) is 5.16. The van der Waals surface area contributed by atoms with Gasteiger partial charge in [-0.3, -0.25) is 4.79 Å². The molecule has 1 aromatic heterocycles. The zero-order valence-electron chi connectivity index (χ0n) is 9.35. The van der Waals surface area contributed by atoms with Crippen LogP contribution in [0.5, 0.6) is 0 Å². The molecular weight excluding hydrogens is 290 g/mol. The maximum Gasteiger partial charge on any atom is 0.267 e. The molecule has 0 fully saturated rings. The van der Waals surface area contributed by atoms with Crippen LogP contribution in [-0.4, -0.2) is 34.1 Å². The lowest BCUT2D eigenvalue weighted by Gasteiger charge is -2.21. The van der Waals surface area contributed by atoms with Crippen LogP contribution in [0, 0.1) is 0 Å². The van der Waals surface area contributed by atoms with Crippen LogP contribution < -0.4 is 16.2 Å². The molecule has 1 rings (SSSR count). The fourth-order valence-electron chi connectivity index (χ4n) is 1.31. The lowest BCUT2D eigenvalue weighted by Crippen LogP contribution is -2.30. The predicted molar refractivity (Wildman–Crippen MR) is 68.5 cm³/mol. The summed E-state index contributed by atoms with van der Waals surface area (Å²) in [4.78, 5) is 19.8. The number of rotatable bonds is 5. The van der Waals surface area contributed by atoms with Crippen molar-refractivity contribution >= 4 is 27.6 Å². The van der Waals surface area contributed by atoms with Crippen molar-refractivity contribution in [3.8, 4) is 0 Å². The van der Waals surface area contributed by atoms with Crippen molar-refractivity contribution in [1.29, 1.82) is 0 Å². The van der Waals surface area contributed by atoms with E-state index in [0.29, 0.717) is 29.8 Å². The van der Waals surface area contributed by atoms with Crippen LogP contribution in [0.25, 0.3) is 0 Å². The largest absolute Gasteiger partial charge is 0.409 e. The number of anilines is 1. The molecule has 7 nitrogen and oxygen atoms in total. The van der Waals surface area contributed by atoms with Crippen LogP contribution in [0.2, 0.25) is 0 Å². The highest BCUT2D eigenvalue weighted by Crippen LogP contribution is 2.18. The van der Waals surface area contributed by atoms with Gasteiger partial charge in [-0.05, 0) is 22.9 Å². The molecule has 1 aromatic rings. The number of nitrogens with one attached hydrogen (secondary N) is 1. The van der Waals surface area contributed by atoms with Crippen LogP contribution in [0.15, 0.2) is 20.8 Å². The van der Waals surface area contributed by atoms with Crippen LogP contribution >= 0.6 is 15.9 Å². The summed E-state index contributed by atoms with van der Waals surface area (Å²) < 4.78 is 0.376. The summed E-state index contributed by atoms with van der Waals surface area (Å²) in [6.07, 6.45) is 1.74. The molecule has 94 valence electrons. The predicted octanol–water partition coefficient (Wildman–Crippen LogP) is 0.495. The highest BCUT2D eigenvalue weighted by Gasteiger charge is 2.12. The molecule has 0 aliphatic heterocycles. The number of hydrogen-bond donors (Lipinski definition) is 3. The van der Waals surface area contributed by atoms with Gasteiger partial charge >= 0.3 is 0 Å². The molecule has 0 atom stereocenters. The number of oxime groups is 1. The number of hydrogen-bond acceptors (Lipinski definition) is 5. The maximum absolute atomic E-state index is 11.4. The molecule has 4 N–H and O–H groups in total. The summed E-state index contributed by atoms with van der Waals surface area (Å²) in [6.45, 7) is 3.11. The summed E-state index contributed by atoms with van der Waals surface area (Å²) in [6, 6.07) is 0. The van der Waals surface area contributed by atoms with Gasteiger partial charge in [0.05, 0.1) is 6.33 Å². The Labute approximate surface area is 106 Å². The molecule has 1 heterocycles. The van der Waals surface area contributed by atoms with Crippen molar-refractivity contribution in [2.24, 2.45) is 10.9 Å². The van der Waals surface area contributed by atoms with Crippen molar-refractivity contribution in [3.63, 3.8) is 0 Å². The van der Waals surface area contributed by atoms with Crippen LogP contribution in [0.3, 0.4) is 0 Å². The normalized spacial score (nSPS) is 11.5. The lowest BCUT2D eigenvalue weighted by atomic mass is 10.3. The molecule has 0 saturated heterocycles. The van der Waals surface area contributed by atoms with E-state index in [1.54, 1.807) is 0 Å². The average molecular weight is 304 g/mol. The monoisotopic (exact) mass is 303 g/mol. The van der Waals surface area contributed by atoms with E-state index < -0.39 is 0 Å². The first-order chi connectivity index (χ1) is 8.10. The van der Waals surface area contributed by atoms with E-state index >= 15 is 0 Å². The van der Waals surface area contributed by atoms with Gasteiger partial charge in [0, 0.05) is 19.5 Å². The van der Waals surface area contributed by atoms with Crippen molar-refractivity contribution in [3.05, 3.63) is 21.2 Å². The van der Waals surface area contributed by atoms with Crippen molar-refractivity contribution in [2.75, 3.05) is 18.0 Å². The quantitative estimate of drug-likeness (QED) is 0.318. The molecule has 0 unspecified atom stereocenters. The smallest absolute Gasteiger partial charge is 0.267 e. The van der Waals surface area contributed by atoms with E-state index in [0.717, 1.165) is 0 Å². The zero-order chi connectivity index (χ0) is 12.8. The topological polar surface area (TPSA) is 108 Å². The Morgan fingerprint density at radius 1 is 1.76 bits per heavy atom. The third kappa shape index (κ3) is 3.45. The van der Waals surface area contributed by atoms with Gasteiger partial charge in [-0.1, -0.05) is 5.16 Å². The first-order valence-electron chi connectivity index (χ1n) is 5.04. The zero-order valence-corrected chi connectivity index (χ0v) is 10.9. The van der Waals surface area contributed by atoms with Gasteiger partial charge in [0.1, 0.15) is 16.1 Å². The van der Waals surface area contributed by atoms with Crippen molar-refractivity contribution in [1.82, 2.24) is 9.97 Å². The fraction of sp³-hybridized carbons (Fsp3) is 0.444. The molecular formula is C9H14BrN5O2. The second kappa shape index (κ2) is 6.24. The highest BCUT2D eigenvalue weighted by atomic mass is 79.9. The number of nitrogens with two attached hydrogens (primary N) is 1. The van der Waals surface area contributed by atoms with E-state index in [1.165, 1.54) is 6.33 Å². The SMILES string of the molecule is CCN(CCC(N)=NO)c1nc[nH]c(=O)c1Br. The van der Waals surface area contributed by atoms with Crippen LogP contribution in [0.4, 0.5) is 5.82 Å². The Morgan fingerprint density at radius 2 is 2.47 bits per heavy atom. The van der Waals surface area contributed by atoms with Crippen molar-refractivity contribution in [2.45, 2.75) is 13.3 Å². The summed E-state index contributed by atoms with van der Waals surface area (Å²) in [5.74, 6) is 0.686. The maximum atomic E-state index is 11.4. The third-order valence-corrected chi connectivity index (χ3v) is 2.94. The van der Waals surface area contributed by atoms with Gasteiger partial charge in [-0.15, -0.1) is 0 Å². The molecule has 0 amide bonds.